The van der Waals surface area contributed by atoms with Gasteiger partial charge in [0.1, 0.15) is 0 Å². The highest BCUT2D eigenvalue weighted by atomic mass is 16.1. The molecule has 0 saturated carbocycles. The Morgan fingerprint density at radius 3 is 2.82 bits per heavy atom. The summed E-state index contributed by atoms with van der Waals surface area (Å²) >= 11 is 0. The van der Waals surface area contributed by atoms with Crippen LogP contribution in [0.15, 0.2) is 30.6 Å². The first-order chi connectivity index (χ1) is 5.38. The van der Waals surface area contributed by atoms with Gasteiger partial charge >= 0.3 is 0 Å². The summed E-state index contributed by atoms with van der Waals surface area (Å²) in [4.78, 5) is 14.3. The molecule has 0 aromatic carbocycles. The van der Waals surface area contributed by atoms with Gasteiger partial charge in [-0.15, -0.1) is 0 Å². The molecule has 3 heteroatoms. The van der Waals surface area contributed by atoms with Gasteiger partial charge in [-0.1, -0.05) is 6.07 Å². The second-order valence-electron chi connectivity index (χ2n) is 1.95. The topological polar surface area (TPSA) is 56.0 Å². The number of hydrogen-bond donors (Lipinski definition) is 1. The number of nitrogens with zero attached hydrogens (tertiary/aromatic N) is 1. The van der Waals surface area contributed by atoms with Gasteiger partial charge in [-0.25, -0.2) is 0 Å². The largest absolute Gasteiger partial charge is 0.404 e. The van der Waals surface area contributed by atoms with Crippen molar-refractivity contribution in [3.05, 3.63) is 36.3 Å². The molecule has 0 spiro atoms. The lowest BCUT2D eigenvalue weighted by Crippen LogP contribution is -1.92. The summed E-state index contributed by atoms with van der Waals surface area (Å²) in [6, 6.07) is 5.31. The Morgan fingerprint density at radius 2 is 2.36 bits per heavy atom. The van der Waals surface area contributed by atoms with Gasteiger partial charge < -0.3 is 5.73 Å². The number of allylic oxidation sites excluding steroid dienone is 1. The van der Waals surface area contributed by atoms with E-state index in [4.69, 9.17) is 5.73 Å². The monoisotopic (exact) mass is 148 g/mol. The standard InChI is InChI=1S/C8H8N2O/c9-5-7(6-11)8-3-1-2-4-10-8/h1-6H,9H2. The molecule has 0 aliphatic heterocycles. The lowest BCUT2D eigenvalue weighted by Gasteiger charge is -1.94. The van der Waals surface area contributed by atoms with Gasteiger partial charge in [-0.3, -0.25) is 9.78 Å². The third-order valence-corrected chi connectivity index (χ3v) is 1.27. The van der Waals surface area contributed by atoms with Gasteiger partial charge in [0.05, 0.1) is 11.3 Å². The fourth-order valence-corrected chi connectivity index (χ4v) is 0.719. The molecule has 0 fully saturated rings. The fraction of sp³-hybridized carbons (Fsp3) is 0. The molecule has 0 bridgehead atoms. The number of carbonyl (C=O) groups excluding carboxylic acids is 1. The minimum atomic E-state index is 0.408. The Balaban J connectivity index is 3.01. The fourth-order valence-electron chi connectivity index (χ4n) is 0.719. The molecule has 56 valence electrons. The Kier molecular flexibility index (Phi) is 2.38. The summed E-state index contributed by atoms with van der Waals surface area (Å²) < 4.78 is 0. The Labute approximate surface area is 64.6 Å². The van der Waals surface area contributed by atoms with Crippen molar-refractivity contribution in [1.82, 2.24) is 4.98 Å². The van der Waals surface area contributed by atoms with E-state index in [9.17, 15) is 4.79 Å². The summed E-state index contributed by atoms with van der Waals surface area (Å²) in [6.45, 7) is 0. The molecular formula is C8H8N2O. The van der Waals surface area contributed by atoms with Crippen LogP contribution in [0.1, 0.15) is 5.69 Å². The summed E-state index contributed by atoms with van der Waals surface area (Å²) in [5.41, 5.74) is 6.19. The van der Waals surface area contributed by atoms with E-state index in [2.05, 4.69) is 4.98 Å². The molecule has 2 N–H and O–H groups in total. The van der Waals surface area contributed by atoms with Crippen LogP contribution in [0.2, 0.25) is 0 Å². The predicted molar refractivity (Wildman–Crippen MR) is 42.5 cm³/mol. The molecule has 0 atom stereocenters. The van der Waals surface area contributed by atoms with E-state index in [1.165, 1.54) is 6.20 Å². The van der Waals surface area contributed by atoms with Gasteiger partial charge in [-0.2, -0.15) is 0 Å². The number of aldehydes is 1. The van der Waals surface area contributed by atoms with E-state index in [1.807, 2.05) is 0 Å². The zero-order chi connectivity index (χ0) is 8.10. The minimum Gasteiger partial charge on any atom is -0.404 e. The first-order valence-corrected chi connectivity index (χ1v) is 3.17. The molecule has 0 aliphatic carbocycles. The lowest BCUT2D eigenvalue weighted by atomic mass is 10.2. The van der Waals surface area contributed by atoms with Crippen LogP contribution in [0.5, 0.6) is 0 Å². The third kappa shape index (κ3) is 1.64. The van der Waals surface area contributed by atoms with E-state index in [-0.39, 0.29) is 0 Å². The summed E-state index contributed by atoms with van der Waals surface area (Å²) in [5.74, 6) is 0. The van der Waals surface area contributed by atoms with Gasteiger partial charge in [-0.05, 0) is 12.1 Å². The molecule has 0 unspecified atom stereocenters. The SMILES string of the molecule is NC=C(C=O)c1ccccn1. The number of rotatable bonds is 2. The van der Waals surface area contributed by atoms with E-state index < -0.39 is 0 Å². The van der Waals surface area contributed by atoms with E-state index in [1.54, 1.807) is 24.4 Å². The van der Waals surface area contributed by atoms with Crippen LogP contribution in [0.25, 0.3) is 5.57 Å². The number of hydrogen-bond acceptors (Lipinski definition) is 3. The summed E-state index contributed by atoms with van der Waals surface area (Å²) in [7, 11) is 0. The number of nitrogens with two attached hydrogens (primary N) is 1. The molecule has 0 radical (unpaired) electrons. The molecule has 3 nitrogen and oxygen atoms in total. The summed E-state index contributed by atoms with van der Waals surface area (Å²) in [6.07, 6.45) is 3.54. The van der Waals surface area contributed by atoms with Crippen molar-refractivity contribution in [2.24, 2.45) is 5.73 Å². The molecule has 0 amide bonds. The van der Waals surface area contributed by atoms with Crippen molar-refractivity contribution in [1.29, 1.82) is 0 Å². The molecule has 1 aromatic rings. The number of aromatic nitrogens is 1. The van der Waals surface area contributed by atoms with E-state index in [0.29, 0.717) is 17.6 Å². The van der Waals surface area contributed by atoms with E-state index >= 15 is 0 Å². The van der Waals surface area contributed by atoms with Gasteiger partial charge in [0.2, 0.25) is 0 Å². The molecular weight excluding hydrogens is 140 g/mol. The van der Waals surface area contributed by atoms with E-state index in [0.717, 1.165) is 0 Å². The zero-order valence-corrected chi connectivity index (χ0v) is 5.90. The quantitative estimate of drug-likeness (QED) is 0.493. The maximum atomic E-state index is 10.3. The molecule has 11 heavy (non-hydrogen) atoms. The van der Waals surface area contributed by atoms with Crippen molar-refractivity contribution < 1.29 is 4.79 Å². The molecule has 1 aromatic heterocycles. The maximum Gasteiger partial charge on any atom is 0.153 e. The highest BCUT2D eigenvalue weighted by Crippen LogP contribution is 2.04. The van der Waals surface area contributed by atoms with Crippen LogP contribution in [-0.2, 0) is 4.79 Å². The Morgan fingerprint density at radius 1 is 1.55 bits per heavy atom. The number of pyridine rings is 1. The van der Waals surface area contributed by atoms with Crippen LogP contribution in [0.4, 0.5) is 0 Å². The second kappa shape index (κ2) is 3.51. The smallest absolute Gasteiger partial charge is 0.153 e. The van der Waals surface area contributed by atoms with Crippen LogP contribution >= 0.6 is 0 Å². The van der Waals surface area contributed by atoms with Gasteiger partial charge in [0.15, 0.2) is 6.29 Å². The van der Waals surface area contributed by atoms with Gasteiger partial charge in [0, 0.05) is 12.4 Å². The Hall–Kier alpha value is -1.64. The van der Waals surface area contributed by atoms with Crippen LogP contribution < -0.4 is 5.73 Å². The average molecular weight is 148 g/mol. The first-order valence-electron chi connectivity index (χ1n) is 3.17. The van der Waals surface area contributed by atoms with Crippen molar-refractivity contribution >= 4 is 11.9 Å². The molecule has 1 rings (SSSR count). The van der Waals surface area contributed by atoms with Crippen molar-refractivity contribution in [3.63, 3.8) is 0 Å². The Bertz CT molecular complexity index is 267. The normalized spacial score (nSPS) is 11.1. The van der Waals surface area contributed by atoms with Crippen molar-refractivity contribution in [2.45, 2.75) is 0 Å². The third-order valence-electron chi connectivity index (χ3n) is 1.27. The molecule has 0 aliphatic rings. The van der Waals surface area contributed by atoms with Crippen LogP contribution in [0.3, 0.4) is 0 Å². The van der Waals surface area contributed by atoms with Crippen molar-refractivity contribution in [2.75, 3.05) is 0 Å². The second-order valence-corrected chi connectivity index (χ2v) is 1.95. The van der Waals surface area contributed by atoms with Crippen molar-refractivity contribution in [3.8, 4) is 0 Å². The maximum absolute atomic E-state index is 10.3. The first kappa shape index (κ1) is 7.47. The van der Waals surface area contributed by atoms with Crippen LogP contribution in [-0.4, -0.2) is 11.3 Å². The molecule has 1 heterocycles. The van der Waals surface area contributed by atoms with Crippen LogP contribution in [0, 0.1) is 0 Å². The number of carbonyl (C=O) groups is 1. The molecule has 0 saturated heterocycles. The average Bonchev–Trinajstić information content (AvgIpc) is 2.09. The minimum absolute atomic E-state index is 0.408. The zero-order valence-electron chi connectivity index (χ0n) is 5.90. The van der Waals surface area contributed by atoms with Gasteiger partial charge in [0.25, 0.3) is 0 Å². The summed E-state index contributed by atoms with van der Waals surface area (Å²) in [5, 5.41) is 0. The lowest BCUT2D eigenvalue weighted by molar-refractivity contribution is -0.103. The highest BCUT2D eigenvalue weighted by Gasteiger charge is 1.97. The highest BCUT2D eigenvalue weighted by molar-refractivity contribution is 6.05. The predicted octanol–water partition coefficient (Wildman–Crippen LogP) is 0.580.